The van der Waals surface area contributed by atoms with E-state index in [0.29, 0.717) is 17.4 Å². The van der Waals surface area contributed by atoms with Crippen molar-refractivity contribution in [3.05, 3.63) is 65.2 Å². The van der Waals surface area contributed by atoms with Crippen LogP contribution in [0.4, 0.5) is 8.78 Å². The molecular formula is C17H15F2NO4. The van der Waals surface area contributed by atoms with Gasteiger partial charge in [-0.2, -0.15) is 0 Å². The molecule has 2 aromatic rings. The third-order valence-corrected chi connectivity index (χ3v) is 3.34. The van der Waals surface area contributed by atoms with Crippen molar-refractivity contribution in [1.29, 1.82) is 0 Å². The molecule has 0 bridgehead atoms. The van der Waals surface area contributed by atoms with Crippen LogP contribution in [0.3, 0.4) is 0 Å². The molecule has 1 amide bonds. The average Bonchev–Trinajstić information content (AvgIpc) is 2.53. The summed E-state index contributed by atoms with van der Waals surface area (Å²) in [4.78, 5) is 23.5. The Hall–Kier alpha value is -2.96. The average molecular weight is 335 g/mol. The number of carbonyl (C=O) groups excluding carboxylic acids is 1. The number of ether oxygens (including phenoxy) is 1. The Morgan fingerprint density at radius 2 is 1.79 bits per heavy atom. The predicted octanol–water partition coefficient (Wildman–Crippen LogP) is 2.40. The highest BCUT2D eigenvalue weighted by Gasteiger charge is 2.23. The number of nitrogens with one attached hydrogen (secondary N) is 1. The molecular weight excluding hydrogens is 320 g/mol. The van der Waals surface area contributed by atoms with Crippen LogP contribution in [-0.4, -0.2) is 30.1 Å². The molecule has 126 valence electrons. The fraction of sp³-hybridized carbons (Fsp3) is 0.176. The van der Waals surface area contributed by atoms with Gasteiger partial charge in [0.15, 0.2) is 0 Å². The topological polar surface area (TPSA) is 75.6 Å². The zero-order valence-electron chi connectivity index (χ0n) is 12.8. The fourth-order valence-corrected chi connectivity index (χ4v) is 2.22. The lowest BCUT2D eigenvalue weighted by Crippen LogP contribution is -2.42. The van der Waals surface area contributed by atoms with Gasteiger partial charge < -0.3 is 15.2 Å². The third-order valence-electron chi connectivity index (χ3n) is 3.34. The van der Waals surface area contributed by atoms with Gasteiger partial charge in [0.05, 0.1) is 7.11 Å². The Morgan fingerprint density at radius 1 is 1.17 bits per heavy atom. The summed E-state index contributed by atoms with van der Waals surface area (Å²) in [7, 11) is 1.45. The van der Waals surface area contributed by atoms with Crippen molar-refractivity contribution in [1.82, 2.24) is 5.32 Å². The van der Waals surface area contributed by atoms with Gasteiger partial charge in [-0.15, -0.1) is 0 Å². The Balaban J connectivity index is 2.19. The minimum atomic E-state index is -1.28. The van der Waals surface area contributed by atoms with Crippen LogP contribution in [0.25, 0.3) is 0 Å². The molecule has 0 fully saturated rings. The van der Waals surface area contributed by atoms with E-state index in [1.165, 1.54) is 7.11 Å². The molecule has 5 nitrogen and oxygen atoms in total. The third kappa shape index (κ3) is 4.28. The molecule has 2 rings (SSSR count). The predicted molar refractivity (Wildman–Crippen MR) is 81.9 cm³/mol. The quantitative estimate of drug-likeness (QED) is 0.850. The Kier molecular flexibility index (Phi) is 5.47. The zero-order chi connectivity index (χ0) is 17.7. The van der Waals surface area contributed by atoms with Crippen molar-refractivity contribution >= 4 is 11.9 Å². The summed E-state index contributed by atoms with van der Waals surface area (Å²) in [5.41, 5.74) is 0.289. The number of methoxy groups -OCH3 is 1. The lowest BCUT2D eigenvalue weighted by molar-refractivity contribution is -0.139. The zero-order valence-corrected chi connectivity index (χ0v) is 12.8. The maximum Gasteiger partial charge on any atom is 0.326 e. The van der Waals surface area contributed by atoms with Crippen LogP contribution in [0, 0.1) is 11.6 Å². The molecule has 0 heterocycles. The number of hydrogen-bond acceptors (Lipinski definition) is 3. The van der Waals surface area contributed by atoms with Gasteiger partial charge >= 0.3 is 5.97 Å². The van der Waals surface area contributed by atoms with Crippen molar-refractivity contribution in [2.24, 2.45) is 0 Å². The van der Waals surface area contributed by atoms with Gasteiger partial charge in [0.25, 0.3) is 5.91 Å². The van der Waals surface area contributed by atoms with E-state index in [9.17, 15) is 23.5 Å². The monoisotopic (exact) mass is 335 g/mol. The molecule has 0 aromatic heterocycles. The number of hydrogen-bond donors (Lipinski definition) is 2. The lowest BCUT2D eigenvalue weighted by atomic mass is 10.0. The smallest absolute Gasteiger partial charge is 0.326 e. The van der Waals surface area contributed by atoms with Crippen molar-refractivity contribution in [3.8, 4) is 5.75 Å². The fourth-order valence-electron chi connectivity index (χ4n) is 2.22. The SMILES string of the molecule is COc1ccccc1C[C@H](NC(=O)c1cc(F)cc(F)c1)C(=O)O. The number of rotatable bonds is 6. The van der Waals surface area contributed by atoms with Crippen LogP contribution >= 0.6 is 0 Å². The number of amides is 1. The van der Waals surface area contributed by atoms with Crippen LogP contribution in [0.5, 0.6) is 5.75 Å². The van der Waals surface area contributed by atoms with Crippen molar-refractivity contribution in [3.63, 3.8) is 0 Å². The molecule has 2 N–H and O–H groups in total. The van der Waals surface area contributed by atoms with E-state index in [-0.39, 0.29) is 12.0 Å². The first-order valence-electron chi connectivity index (χ1n) is 7.02. The van der Waals surface area contributed by atoms with E-state index >= 15 is 0 Å². The molecule has 24 heavy (non-hydrogen) atoms. The number of carbonyl (C=O) groups is 2. The maximum absolute atomic E-state index is 13.2. The number of carboxylic acids is 1. The largest absolute Gasteiger partial charge is 0.496 e. The van der Waals surface area contributed by atoms with E-state index in [1.807, 2.05) is 0 Å². The lowest BCUT2D eigenvalue weighted by Gasteiger charge is -2.16. The molecule has 2 aromatic carbocycles. The molecule has 1 atom stereocenters. The van der Waals surface area contributed by atoms with Crippen molar-refractivity contribution < 1.29 is 28.2 Å². The Morgan fingerprint density at radius 3 is 2.38 bits per heavy atom. The van der Waals surface area contributed by atoms with Crippen LogP contribution in [-0.2, 0) is 11.2 Å². The second-order valence-corrected chi connectivity index (χ2v) is 5.04. The Labute approximate surface area is 136 Å². The Bertz CT molecular complexity index is 744. The van der Waals surface area contributed by atoms with E-state index in [4.69, 9.17) is 4.74 Å². The molecule has 0 radical (unpaired) electrons. The first-order chi connectivity index (χ1) is 11.4. The van der Waals surface area contributed by atoms with E-state index in [0.717, 1.165) is 12.1 Å². The number of halogens is 2. The summed E-state index contributed by atoms with van der Waals surface area (Å²) >= 11 is 0. The van der Waals surface area contributed by atoms with Crippen LogP contribution in [0.1, 0.15) is 15.9 Å². The van der Waals surface area contributed by atoms with Gasteiger partial charge in [-0.1, -0.05) is 18.2 Å². The highest BCUT2D eigenvalue weighted by molar-refractivity contribution is 5.96. The summed E-state index contributed by atoms with van der Waals surface area (Å²) in [6.07, 6.45) is -0.0388. The van der Waals surface area contributed by atoms with Gasteiger partial charge in [0.1, 0.15) is 23.4 Å². The molecule has 0 aliphatic carbocycles. The second-order valence-electron chi connectivity index (χ2n) is 5.04. The van der Waals surface area contributed by atoms with Crippen LogP contribution in [0.15, 0.2) is 42.5 Å². The van der Waals surface area contributed by atoms with Crippen molar-refractivity contribution in [2.45, 2.75) is 12.5 Å². The molecule has 0 aliphatic heterocycles. The molecule has 0 saturated heterocycles. The molecule has 0 aliphatic rings. The first kappa shape index (κ1) is 17.4. The van der Waals surface area contributed by atoms with Gasteiger partial charge in [-0.05, 0) is 23.8 Å². The highest BCUT2D eigenvalue weighted by Crippen LogP contribution is 2.19. The number of para-hydroxylation sites is 1. The standard InChI is InChI=1S/C17H15F2NO4/c1-24-15-5-3-2-4-10(15)8-14(17(22)23)20-16(21)11-6-12(18)9-13(19)7-11/h2-7,9,14H,8H2,1H3,(H,20,21)(H,22,23)/t14-/m0/s1. The summed E-state index contributed by atoms with van der Waals surface area (Å²) < 4.78 is 31.5. The van der Waals surface area contributed by atoms with Crippen molar-refractivity contribution in [2.75, 3.05) is 7.11 Å². The van der Waals surface area contributed by atoms with Crippen LogP contribution in [0.2, 0.25) is 0 Å². The number of benzene rings is 2. The maximum atomic E-state index is 13.2. The van der Waals surface area contributed by atoms with Gasteiger partial charge in [0, 0.05) is 18.1 Å². The van der Waals surface area contributed by atoms with Gasteiger partial charge in [-0.3, -0.25) is 4.79 Å². The summed E-state index contributed by atoms with van der Waals surface area (Å²) in [6, 6.07) is 7.79. The van der Waals surface area contributed by atoms with E-state index < -0.39 is 29.6 Å². The van der Waals surface area contributed by atoms with E-state index in [1.54, 1.807) is 24.3 Å². The number of aliphatic carboxylic acids is 1. The molecule has 0 spiro atoms. The van der Waals surface area contributed by atoms with Gasteiger partial charge in [0.2, 0.25) is 0 Å². The van der Waals surface area contributed by atoms with E-state index in [2.05, 4.69) is 5.32 Å². The first-order valence-corrected chi connectivity index (χ1v) is 7.02. The van der Waals surface area contributed by atoms with Gasteiger partial charge in [-0.25, -0.2) is 13.6 Å². The molecule has 7 heteroatoms. The highest BCUT2D eigenvalue weighted by atomic mass is 19.1. The second kappa shape index (κ2) is 7.54. The summed E-state index contributed by atoms with van der Waals surface area (Å²) in [5.74, 6) is -3.51. The van der Waals surface area contributed by atoms with Crippen LogP contribution < -0.4 is 10.1 Å². The minimum Gasteiger partial charge on any atom is -0.496 e. The molecule has 0 unspecified atom stereocenters. The summed E-state index contributed by atoms with van der Waals surface area (Å²) in [5, 5.41) is 11.6. The normalized spacial score (nSPS) is 11.6. The summed E-state index contributed by atoms with van der Waals surface area (Å²) in [6.45, 7) is 0. The molecule has 0 saturated carbocycles. The minimum absolute atomic E-state index is 0.0388. The number of carboxylic acid groups (broad SMARTS) is 1.